The number of Topliss-reactive ketones (excluding diaryl/α,β-unsaturated/α-hetero) is 1. The number of carbonyl (C=O) groups is 1. The molecule has 1 atom stereocenters. The highest BCUT2D eigenvalue weighted by Gasteiger charge is 2.42. The number of hydrogen-bond donors (Lipinski definition) is 0. The first-order valence-electron chi connectivity index (χ1n) is 8.83. The van der Waals surface area contributed by atoms with E-state index in [9.17, 15) is 4.79 Å². The van der Waals surface area contributed by atoms with Gasteiger partial charge < -0.3 is 4.90 Å². The smallest absolute Gasteiger partial charge is 0.147 e. The minimum atomic E-state index is -0.581. The number of benzene rings is 2. The van der Waals surface area contributed by atoms with Crippen LogP contribution in [0.3, 0.4) is 0 Å². The second-order valence-corrected chi connectivity index (χ2v) is 6.83. The van der Waals surface area contributed by atoms with Crippen molar-refractivity contribution in [3.8, 4) is 0 Å². The van der Waals surface area contributed by atoms with Gasteiger partial charge >= 0.3 is 0 Å². The summed E-state index contributed by atoms with van der Waals surface area (Å²) >= 11 is 0. The van der Waals surface area contributed by atoms with Crippen molar-refractivity contribution in [3.63, 3.8) is 0 Å². The van der Waals surface area contributed by atoms with E-state index in [0.717, 1.165) is 24.0 Å². The molecule has 0 N–H and O–H groups in total. The molecule has 0 saturated heterocycles. The largest absolute Gasteiger partial charge is 0.307 e. The third-order valence-corrected chi connectivity index (χ3v) is 4.97. The molecule has 25 heavy (non-hydrogen) atoms. The Morgan fingerprint density at radius 1 is 0.960 bits per heavy atom. The lowest BCUT2D eigenvalue weighted by Crippen LogP contribution is -2.43. The summed E-state index contributed by atoms with van der Waals surface area (Å²) in [6.07, 6.45) is 2.26. The Bertz CT molecular complexity index is 600. The molecule has 0 heterocycles. The van der Waals surface area contributed by atoms with Crippen molar-refractivity contribution in [2.75, 3.05) is 14.1 Å². The van der Waals surface area contributed by atoms with E-state index in [2.05, 4.69) is 57.1 Å². The molecule has 0 aliphatic rings. The summed E-state index contributed by atoms with van der Waals surface area (Å²) in [6.45, 7) is 4.27. The maximum Gasteiger partial charge on any atom is 0.147 e. The SMILES string of the molecule is Br.CCCC(=O)C(CC(C)N(C)C)(c1ccccc1)c1ccccc1. The van der Waals surface area contributed by atoms with E-state index in [1.165, 1.54) is 0 Å². The highest BCUT2D eigenvalue weighted by Crippen LogP contribution is 2.39. The summed E-state index contributed by atoms with van der Waals surface area (Å²) in [6, 6.07) is 20.9. The monoisotopic (exact) mass is 403 g/mol. The van der Waals surface area contributed by atoms with Gasteiger partial charge in [0.2, 0.25) is 0 Å². The number of nitrogens with zero attached hydrogens (tertiary/aromatic N) is 1. The van der Waals surface area contributed by atoms with Crippen LogP contribution in [0.1, 0.15) is 44.2 Å². The zero-order chi connectivity index (χ0) is 17.6. The number of hydrogen-bond acceptors (Lipinski definition) is 2. The molecule has 0 amide bonds. The van der Waals surface area contributed by atoms with Crippen LogP contribution in [0.15, 0.2) is 60.7 Å². The molecule has 0 bridgehead atoms. The lowest BCUT2D eigenvalue weighted by atomic mass is 9.66. The summed E-state index contributed by atoms with van der Waals surface area (Å²) < 4.78 is 0. The average Bonchev–Trinajstić information content (AvgIpc) is 2.61. The Morgan fingerprint density at radius 2 is 1.40 bits per heavy atom. The molecule has 0 aliphatic heterocycles. The first-order chi connectivity index (χ1) is 11.5. The Kier molecular flexibility index (Phi) is 8.54. The van der Waals surface area contributed by atoms with E-state index in [-0.39, 0.29) is 17.0 Å². The van der Waals surface area contributed by atoms with Crippen LogP contribution in [0.2, 0.25) is 0 Å². The predicted molar refractivity (Wildman–Crippen MR) is 112 cm³/mol. The molecular formula is C22H30BrNO. The van der Waals surface area contributed by atoms with Gasteiger partial charge in [-0.15, -0.1) is 17.0 Å². The van der Waals surface area contributed by atoms with Gasteiger partial charge in [-0.1, -0.05) is 67.6 Å². The van der Waals surface area contributed by atoms with Crippen molar-refractivity contribution in [2.24, 2.45) is 0 Å². The average molecular weight is 404 g/mol. The van der Waals surface area contributed by atoms with Gasteiger partial charge in [0, 0.05) is 12.5 Å². The molecule has 2 nitrogen and oxygen atoms in total. The van der Waals surface area contributed by atoms with Gasteiger partial charge in [-0.25, -0.2) is 0 Å². The van der Waals surface area contributed by atoms with Crippen molar-refractivity contribution in [1.82, 2.24) is 4.90 Å². The zero-order valence-corrected chi connectivity index (χ0v) is 17.4. The van der Waals surface area contributed by atoms with Gasteiger partial charge in [0.15, 0.2) is 0 Å². The van der Waals surface area contributed by atoms with Crippen LogP contribution in [0, 0.1) is 0 Å². The van der Waals surface area contributed by atoms with Gasteiger partial charge in [-0.2, -0.15) is 0 Å². The molecule has 3 heteroatoms. The third-order valence-electron chi connectivity index (χ3n) is 4.97. The molecule has 0 radical (unpaired) electrons. The highest BCUT2D eigenvalue weighted by molar-refractivity contribution is 8.93. The molecular weight excluding hydrogens is 374 g/mol. The second kappa shape index (κ2) is 9.88. The van der Waals surface area contributed by atoms with E-state index in [4.69, 9.17) is 0 Å². The lowest BCUT2D eigenvalue weighted by molar-refractivity contribution is -0.123. The topological polar surface area (TPSA) is 20.3 Å². The van der Waals surface area contributed by atoms with Crippen molar-refractivity contribution >= 4 is 22.8 Å². The molecule has 0 fully saturated rings. The normalized spacial score (nSPS) is 12.5. The fourth-order valence-electron chi connectivity index (χ4n) is 3.35. The zero-order valence-electron chi connectivity index (χ0n) is 15.7. The Labute approximate surface area is 163 Å². The Balaban J connectivity index is 0.00000312. The molecule has 0 saturated carbocycles. The summed E-state index contributed by atoms with van der Waals surface area (Å²) in [5, 5.41) is 0. The van der Waals surface area contributed by atoms with Gasteiger partial charge in [-0.05, 0) is 45.0 Å². The number of ketones is 1. The van der Waals surface area contributed by atoms with Crippen LogP contribution in [0.25, 0.3) is 0 Å². The molecule has 2 rings (SSSR count). The quantitative estimate of drug-likeness (QED) is 0.598. The van der Waals surface area contributed by atoms with Crippen LogP contribution < -0.4 is 0 Å². The maximum absolute atomic E-state index is 13.4. The van der Waals surface area contributed by atoms with E-state index in [0.29, 0.717) is 18.2 Å². The molecule has 0 aromatic heterocycles. The molecule has 2 aromatic rings. The fraction of sp³-hybridized carbons (Fsp3) is 0.409. The maximum atomic E-state index is 13.4. The predicted octanol–water partition coefficient (Wildman–Crippen LogP) is 5.26. The standard InChI is InChI=1S/C22H29NO.BrH/c1-5-12-21(24)22(17-18(2)23(3)4,19-13-8-6-9-14-19)20-15-10-7-11-16-20;/h6-11,13-16,18H,5,12,17H2,1-4H3;1H. The third kappa shape index (κ3) is 4.80. The Morgan fingerprint density at radius 3 is 1.76 bits per heavy atom. The van der Waals surface area contributed by atoms with Crippen LogP contribution in [0.5, 0.6) is 0 Å². The van der Waals surface area contributed by atoms with Crippen LogP contribution in [-0.2, 0) is 10.2 Å². The van der Waals surface area contributed by atoms with Crippen molar-refractivity contribution in [2.45, 2.75) is 44.6 Å². The minimum Gasteiger partial charge on any atom is -0.307 e. The second-order valence-electron chi connectivity index (χ2n) is 6.83. The van der Waals surface area contributed by atoms with Gasteiger partial charge in [0.25, 0.3) is 0 Å². The van der Waals surface area contributed by atoms with Gasteiger partial charge in [-0.3, -0.25) is 4.79 Å². The minimum absolute atomic E-state index is 0. The number of rotatable bonds is 8. The van der Waals surface area contributed by atoms with Gasteiger partial charge in [0.05, 0.1) is 5.41 Å². The van der Waals surface area contributed by atoms with Gasteiger partial charge in [0.1, 0.15) is 5.78 Å². The highest BCUT2D eigenvalue weighted by atomic mass is 79.9. The molecule has 2 aromatic carbocycles. The van der Waals surface area contributed by atoms with E-state index < -0.39 is 5.41 Å². The van der Waals surface area contributed by atoms with Crippen LogP contribution in [0.4, 0.5) is 0 Å². The van der Waals surface area contributed by atoms with E-state index in [1.54, 1.807) is 0 Å². The number of carbonyl (C=O) groups excluding carboxylic acids is 1. The fourth-order valence-corrected chi connectivity index (χ4v) is 3.35. The first-order valence-corrected chi connectivity index (χ1v) is 8.83. The molecule has 136 valence electrons. The van der Waals surface area contributed by atoms with Crippen LogP contribution in [-0.4, -0.2) is 30.8 Å². The Hall–Kier alpha value is -1.45. The molecule has 1 unspecified atom stereocenters. The van der Waals surface area contributed by atoms with E-state index in [1.807, 2.05) is 36.4 Å². The first kappa shape index (κ1) is 21.6. The summed E-state index contributed by atoms with van der Waals surface area (Å²) in [5.41, 5.74) is 1.62. The van der Waals surface area contributed by atoms with Crippen molar-refractivity contribution < 1.29 is 4.79 Å². The summed E-state index contributed by atoms with van der Waals surface area (Å²) in [5.74, 6) is 0.316. The van der Waals surface area contributed by atoms with Crippen molar-refractivity contribution in [1.29, 1.82) is 0 Å². The lowest BCUT2D eigenvalue weighted by Gasteiger charge is -2.37. The molecule has 0 aliphatic carbocycles. The summed E-state index contributed by atoms with van der Waals surface area (Å²) in [4.78, 5) is 15.6. The van der Waals surface area contributed by atoms with Crippen LogP contribution >= 0.6 is 17.0 Å². The summed E-state index contributed by atoms with van der Waals surface area (Å²) in [7, 11) is 4.16. The molecule has 0 spiro atoms. The van der Waals surface area contributed by atoms with E-state index >= 15 is 0 Å². The van der Waals surface area contributed by atoms with Crippen molar-refractivity contribution in [3.05, 3.63) is 71.8 Å². The number of halogens is 1.